The van der Waals surface area contributed by atoms with Crippen LogP contribution in [0.15, 0.2) is 0 Å². The van der Waals surface area contributed by atoms with Gasteiger partial charge in [0.15, 0.2) is 0 Å². The van der Waals surface area contributed by atoms with Crippen LogP contribution in [0.1, 0.15) is 40.0 Å². The van der Waals surface area contributed by atoms with E-state index in [0.29, 0.717) is 0 Å². The van der Waals surface area contributed by atoms with Gasteiger partial charge < -0.3 is 10.2 Å². The van der Waals surface area contributed by atoms with Crippen molar-refractivity contribution in [2.45, 2.75) is 46.1 Å². The molecule has 0 amide bonds. The van der Waals surface area contributed by atoms with Crippen LogP contribution in [0.2, 0.25) is 0 Å². The van der Waals surface area contributed by atoms with Crippen LogP contribution in [-0.2, 0) is 0 Å². The molecular weight excluding hydrogens is 172 g/mol. The molecule has 0 aromatic heterocycles. The molecule has 2 atom stereocenters. The summed E-state index contributed by atoms with van der Waals surface area (Å²) in [6, 6.07) is 0.823. The van der Waals surface area contributed by atoms with Gasteiger partial charge >= 0.3 is 0 Å². The van der Waals surface area contributed by atoms with Gasteiger partial charge in [0.1, 0.15) is 0 Å². The summed E-state index contributed by atoms with van der Waals surface area (Å²) in [5, 5.41) is 3.38. The Hall–Kier alpha value is -0.0800. The molecule has 1 heterocycles. The Bertz CT molecular complexity index is 147. The van der Waals surface area contributed by atoms with E-state index in [0.717, 1.165) is 18.5 Å². The van der Waals surface area contributed by atoms with E-state index in [4.69, 9.17) is 0 Å². The highest BCUT2D eigenvalue weighted by Gasteiger charge is 2.24. The van der Waals surface area contributed by atoms with Crippen molar-refractivity contribution >= 4 is 0 Å². The average Bonchev–Trinajstić information content (AvgIpc) is 2.45. The van der Waals surface area contributed by atoms with Crippen molar-refractivity contribution in [2.75, 3.05) is 26.2 Å². The fourth-order valence-corrected chi connectivity index (χ4v) is 2.44. The SMILES string of the molecule is CCNCCCCN1CC(C)CC1C. The molecule has 0 aromatic rings. The highest BCUT2D eigenvalue weighted by atomic mass is 15.2. The van der Waals surface area contributed by atoms with Gasteiger partial charge in [0.25, 0.3) is 0 Å². The van der Waals surface area contributed by atoms with Gasteiger partial charge in [-0.3, -0.25) is 0 Å². The Kier molecular flexibility index (Phi) is 5.49. The zero-order chi connectivity index (χ0) is 10.4. The maximum Gasteiger partial charge on any atom is 0.00700 e. The van der Waals surface area contributed by atoms with E-state index in [-0.39, 0.29) is 0 Å². The molecule has 84 valence electrons. The fraction of sp³-hybridized carbons (Fsp3) is 1.00. The van der Waals surface area contributed by atoms with E-state index in [1.54, 1.807) is 0 Å². The first-order valence-electron chi connectivity index (χ1n) is 6.18. The number of hydrogen-bond donors (Lipinski definition) is 1. The van der Waals surface area contributed by atoms with Gasteiger partial charge in [-0.25, -0.2) is 0 Å². The monoisotopic (exact) mass is 198 g/mol. The molecule has 0 aromatic carbocycles. The van der Waals surface area contributed by atoms with E-state index in [9.17, 15) is 0 Å². The van der Waals surface area contributed by atoms with Gasteiger partial charge in [-0.2, -0.15) is 0 Å². The van der Waals surface area contributed by atoms with Crippen molar-refractivity contribution in [2.24, 2.45) is 5.92 Å². The third-order valence-corrected chi connectivity index (χ3v) is 3.21. The summed E-state index contributed by atoms with van der Waals surface area (Å²) in [6.07, 6.45) is 4.07. The fourth-order valence-electron chi connectivity index (χ4n) is 2.44. The zero-order valence-electron chi connectivity index (χ0n) is 10.1. The lowest BCUT2D eigenvalue weighted by Gasteiger charge is -2.20. The van der Waals surface area contributed by atoms with Gasteiger partial charge in [0.2, 0.25) is 0 Å². The summed E-state index contributed by atoms with van der Waals surface area (Å²) < 4.78 is 0. The van der Waals surface area contributed by atoms with Crippen LogP contribution in [0.3, 0.4) is 0 Å². The third kappa shape index (κ3) is 3.97. The molecule has 0 radical (unpaired) electrons. The smallest absolute Gasteiger partial charge is 0.00700 e. The molecule has 1 N–H and O–H groups in total. The van der Waals surface area contributed by atoms with Gasteiger partial charge in [0, 0.05) is 12.6 Å². The van der Waals surface area contributed by atoms with Gasteiger partial charge in [-0.05, 0) is 51.7 Å². The van der Waals surface area contributed by atoms with E-state index in [1.165, 1.54) is 38.9 Å². The van der Waals surface area contributed by atoms with E-state index >= 15 is 0 Å². The normalized spacial score (nSPS) is 28.5. The minimum atomic E-state index is 0.823. The molecular formula is C12H26N2. The maximum atomic E-state index is 3.38. The highest BCUT2D eigenvalue weighted by molar-refractivity contribution is 4.79. The topological polar surface area (TPSA) is 15.3 Å². The predicted molar refractivity (Wildman–Crippen MR) is 62.6 cm³/mol. The molecule has 1 fully saturated rings. The molecule has 0 spiro atoms. The lowest BCUT2D eigenvalue weighted by molar-refractivity contribution is 0.259. The number of likely N-dealkylation sites (tertiary alicyclic amines) is 1. The van der Waals surface area contributed by atoms with Crippen LogP contribution >= 0.6 is 0 Å². The van der Waals surface area contributed by atoms with E-state index in [1.807, 2.05) is 0 Å². The molecule has 1 aliphatic rings. The minimum absolute atomic E-state index is 0.823. The largest absolute Gasteiger partial charge is 0.317 e. The van der Waals surface area contributed by atoms with Crippen LogP contribution in [0, 0.1) is 5.92 Å². The molecule has 1 aliphatic heterocycles. The second-order valence-corrected chi connectivity index (χ2v) is 4.75. The van der Waals surface area contributed by atoms with Crippen LogP contribution in [0.4, 0.5) is 0 Å². The first-order chi connectivity index (χ1) is 6.74. The zero-order valence-corrected chi connectivity index (χ0v) is 10.1. The average molecular weight is 198 g/mol. The quantitative estimate of drug-likeness (QED) is 0.658. The Morgan fingerprint density at radius 1 is 1.29 bits per heavy atom. The summed E-state index contributed by atoms with van der Waals surface area (Å²) in [5.74, 6) is 0.916. The van der Waals surface area contributed by atoms with Gasteiger partial charge in [0.05, 0.1) is 0 Å². The summed E-state index contributed by atoms with van der Waals surface area (Å²) in [7, 11) is 0. The summed E-state index contributed by atoms with van der Waals surface area (Å²) in [4.78, 5) is 2.65. The Balaban J connectivity index is 2.01. The van der Waals surface area contributed by atoms with Crippen LogP contribution < -0.4 is 5.32 Å². The Morgan fingerprint density at radius 2 is 2.07 bits per heavy atom. The molecule has 0 bridgehead atoms. The molecule has 0 saturated carbocycles. The standard InChI is InChI=1S/C12H26N2/c1-4-13-7-5-6-8-14-10-11(2)9-12(14)3/h11-13H,4-10H2,1-3H3. The van der Waals surface area contributed by atoms with Crippen molar-refractivity contribution in [3.05, 3.63) is 0 Å². The number of rotatable bonds is 6. The Morgan fingerprint density at radius 3 is 2.64 bits per heavy atom. The summed E-state index contributed by atoms with van der Waals surface area (Å²) in [6.45, 7) is 11.8. The minimum Gasteiger partial charge on any atom is -0.317 e. The van der Waals surface area contributed by atoms with Crippen LogP contribution in [0.5, 0.6) is 0 Å². The Labute approximate surface area is 89.1 Å². The van der Waals surface area contributed by atoms with Crippen molar-refractivity contribution < 1.29 is 0 Å². The van der Waals surface area contributed by atoms with Crippen molar-refractivity contribution in [3.8, 4) is 0 Å². The number of hydrogen-bond acceptors (Lipinski definition) is 2. The lowest BCUT2D eigenvalue weighted by Crippen LogP contribution is -2.28. The molecule has 2 unspecified atom stereocenters. The molecule has 2 nitrogen and oxygen atoms in total. The number of nitrogens with one attached hydrogen (secondary N) is 1. The third-order valence-electron chi connectivity index (χ3n) is 3.21. The second-order valence-electron chi connectivity index (χ2n) is 4.75. The lowest BCUT2D eigenvalue weighted by atomic mass is 10.1. The second kappa shape index (κ2) is 6.41. The van der Waals surface area contributed by atoms with E-state index in [2.05, 4.69) is 31.0 Å². The molecule has 1 saturated heterocycles. The predicted octanol–water partition coefficient (Wildman–Crippen LogP) is 2.11. The number of nitrogens with zero attached hydrogens (tertiary/aromatic N) is 1. The van der Waals surface area contributed by atoms with Crippen molar-refractivity contribution in [3.63, 3.8) is 0 Å². The van der Waals surface area contributed by atoms with E-state index < -0.39 is 0 Å². The maximum absolute atomic E-state index is 3.38. The molecule has 2 heteroatoms. The number of unbranched alkanes of at least 4 members (excludes halogenated alkanes) is 1. The summed E-state index contributed by atoms with van der Waals surface area (Å²) >= 11 is 0. The van der Waals surface area contributed by atoms with Crippen LogP contribution in [0.25, 0.3) is 0 Å². The highest BCUT2D eigenvalue weighted by Crippen LogP contribution is 2.22. The first-order valence-corrected chi connectivity index (χ1v) is 6.18. The molecule has 1 rings (SSSR count). The molecule has 14 heavy (non-hydrogen) atoms. The van der Waals surface area contributed by atoms with Gasteiger partial charge in [-0.1, -0.05) is 13.8 Å². The summed E-state index contributed by atoms with van der Waals surface area (Å²) in [5.41, 5.74) is 0. The van der Waals surface area contributed by atoms with Crippen molar-refractivity contribution in [1.82, 2.24) is 10.2 Å². The van der Waals surface area contributed by atoms with Crippen LogP contribution in [-0.4, -0.2) is 37.1 Å². The van der Waals surface area contributed by atoms with Crippen molar-refractivity contribution in [1.29, 1.82) is 0 Å². The molecule has 0 aliphatic carbocycles. The van der Waals surface area contributed by atoms with Gasteiger partial charge in [-0.15, -0.1) is 0 Å². The first kappa shape index (κ1) is 12.0.